The molecule has 5 nitrogen and oxygen atoms in total. The third kappa shape index (κ3) is 2.98. The lowest BCUT2D eigenvalue weighted by Crippen LogP contribution is -2.47. The van der Waals surface area contributed by atoms with Crippen molar-refractivity contribution in [2.45, 2.75) is 12.1 Å². The molecule has 0 aliphatic heterocycles. The van der Waals surface area contributed by atoms with Gasteiger partial charge in [0, 0.05) is 12.1 Å². The van der Waals surface area contributed by atoms with Gasteiger partial charge in [-0.3, -0.25) is 4.72 Å². The molecule has 5 N–H and O–H groups in total. The lowest BCUT2D eigenvalue weighted by molar-refractivity contribution is 0.555. The number of nitrogens with two attached hydrogens (primary N) is 2. The van der Waals surface area contributed by atoms with E-state index in [-0.39, 0.29) is 11.3 Å². The molecule has 2 rings (SSSR count). The Kier molecular flexibility index (Phi) is 3.25. The van der Waals surface area contributed by atoms with Crippen molar-refractivity contribution in [3.8, 4) is 0 Å². The summed E-state index contributed by atoms with van der Waals surface area (Å²) in [6.45, 7) is 0. The molecular weight excluding hydrogens is 250 g/mol. The van der Waals surface area contributed by atoms with Gasteiger partial charge in [-0.1, -0.05) is 24.3 Å². The summed E-state index contributed by atoms with van der Waals surface area (Å²) in [4.78, 5) is 0.179. The summed E-state index contributed by atoms with van der Waals surface area (Å²) >= 11 is 0. The molecule has 0 radical (unpaired) electrons. The van der Waals surface area contributed by atoms with E-state index in [2.05, 4.69) is 4.72 Å². The zero-order valence-electron chi connectivity index (χ0n) is 9.71. The summed E-state index contributed by atoms with van der Waals surface area (Å²) < 4.78 is 26.6. The van der Waals surface area contributed by atoms with Crippen molar-refractivity contribution >= 4 is 15.7 Å². The van der Waals surface area contributed by atoms with Gasteiger partial charge in [0.2, 0.25) is 0 Å². The Balaban J connectivity index is 2.19. The zero-order chi connectivity index (χ0) is 13.2. The molecule has 1 aliphatic rings. The first kappa shape index (κ1) is 12.8. The fraction of sp³-hybridized carbons (Fsp3) is 0.167. The van der Waals surface area contributed by atoms with Gasteiger partial charge in [-0.25, -0.2) is 8.42 Å². The number of hydrogen-bond acceptors (Lipinski definition) is 4. The molecule has 0 spiro atoms. The van der Waals surface area contributed by atoms with E-state index >= 15 is 0 Å². The summed E-state index contributed by atoms with van der Waals surface area (Å²) in [5.74, 6) is 0. The summed E-state index contributed by atoms with van der Waals surface area (Å²) in [5, 5.41) is 0. The maximum absolute atomic E-state index is 12.1. The Morgan fingerprint density at radius 1 is 1.17 bits per heavy atom. The summed E-state index contributed by atoms with van der Waals surface area (Å²) in [6, 6.07) is 8.69. The first-order chi connectivity index (χ1) is 8.39. The molecule has 1 aromatic rings. The van der Waals surface area contributed by atoms with Crippen LogP contribution in [0.3, 0.4) is 0 Å². The van der Waals surface area contributed by atoms with E-state index in [1.54, 1.807) is 24.3 Å². The predicted molar refractivity (Wildman–Crippen MR) is 71.9 cm³/mol. The van der Waals surface area contributed by atoms with Crippen LogP contribution in [0.4, 0.5) is 5.69 Å². The molecule has 0 unspecified atom stereocenters. The quantitative estimate of drug-likeness (QED) is 0.707. The van der Waals surface area contributed by atoms with Gasteiger partial charge in [0.1, 0.15) is 0 Å². The average molecular weight is 265 g/mol. The highest BCUT2D eigenvalue weighted by molar-refractivity contribution is 7.96. The van der Waals surface area contributed by atoms with Crippen LogP contribution in [-0.2, 0) is 10.0 Å². The van der Waals surface area contributed by atoms with E-state index in [4.69, 9.17) is 11.5 Å². The molecule has 96 valence electrons. The van der Waals surface area contributed by atoms with Crippen molar-refractivity contribution in [2.24, 2.45) is 11.5 Å². The molecule has 1 aromatic carbocycles. The molecule has 0 saturated heterocycles. The summed E-state index contributed by atoms with van der Waals surface area (Å²) in [5.41, 5.74) is 10.9. The van der Waals surface area contributed by atoms with Crippen LogP contribution < -0.4 is 16.2 Å². The van der Waals surface area contributed by atoms with Gasteiger partial charge >= 0.3 is 0 Å². The lowest BCUT2D eigenvalue weighted by Gasteiger charge is -2.22. The number of allylic oxidation sites excluding steroid dienone is 1. The molecular formula is C12H15N3O2S. The fourth-order valence-electron chi connectivity index (χ4n) is 1.57. The van der Waals surface area contributed by atoms with Crippen molar-refractivity contribution in [3.63, 3.8) is 0 Å². The Bertz CT molecular complexity index is 589. The van der Waals surface area contributed by atoms with Gasteiger partial charge in [-0.15, -0.1) is 0 Å². The second-order valence-electron chi connectivity index (χ2n) is 4.23. The van der Waals surface area contributed by atoms with Crippen LogP contribution in [0.2, 0.25) is 0 Å². The number of benzene rings is 1. The number of sulfonamides is 1. The topological polar surface area (TPSA) is 98.2 Å². The van der Waals surface area contributed by atoms with Crippen LogP contribution in [0.15, 0.2) is 53.5 Å². The van der Waals surface area contributed by atoms with Crippen LogP contribution in [0, 0.1) is 0 Å². The molecule has 0 atom stereocenters. The molecule has 0 saturated carbocycles. The zero-order valence-corrected chi connectivity index (χ0v) is 10.5. The van der Waals surface area contributed by atoms with E-state index in [9.17, 15) is 8.42 Å². The van der Waals surface area contributed by atoms with Crippen molar-refractivity contribution in [1.82, 2.24) is 0 Å². The average Bonchev–Trinajstić information content (AvgIpc) is 2.29. The summed E-state index contributed by atoms with van der Waals surface area (Å²) in [7, 11) is -3.57. The molecule has 0 heterocycles. The van der Waals surface area contributed by atoms with E-state index in [0.717, 1.165) is 0 Å². The number of anilines is 1. The Morgan fingerprint density at radius 2 is 1.83 bits per heavy atom. The minimum Gasteiger partial charge on any atom is -0.310 e. The fourth-order valence-corrected chi connectivity index (χ4v) is 2.68. The van der Waals surface area contributed by atoms with Crippen molar-refractivity contribution in [1.29, 1.82) is 0 Å². The van der Waals surface area contributed by atoms with E-state index in [1.165, 1.54) is 18.2 Å². The molecule has 0 bridgehead atoms. The SMILES string of the molecule is NC1(N)C=CC(S(=O)(=O)Nc2ccccc2)=CC1. The third-order valence-electron chi connectivity index (χ3n) is 2.55. The maximum Gasteiger partial charge on any atom is 0.261 e. The predicted octanol–water partition coefficient (Wildman–Crippen LogP) is 0.886. The van der Waals surface area contributed by atoms with Crippen LogP contribution in [0.5, 0.6) is 0 Å². The number of nitrogens with one attached hydrogen (secondary N) is 1. The Hall–Kier alpha value is -1.63. The van der Waals surface area contributed by atoms with E-state index in [1.807, 2.05) is 6.07 Å². The first-order valence-corrected chi connectivity index (χ1v) is 6.92. The molecule has 0 amide bonds. The highest BCUT2D eigenvalue weighted by Crippen LogP contribution is 2.20. The third-order valence-corrected chi connectivity index (χ3v) is 3.98. The van der Waals surface area contributed by atoms with Gasteiger partial charge in [0.15, 0.2) is 0 Å². The van der Waals surface area contributed by atoms with E-state index in [0.29, 0.717) is 5.69 Å². The second kappa shape index (κ2) is 4.56. The van der Waals surface area contributed by atoms with Gasteiger partial charge in [0.05, 0.1) is 10.6 Å². The van der Waals surface area contributed by atoms with Crippen LogP contribution >= 0.6 is 0 Å². The Labute approximate surface area is 106 Å². The highest BCUT2D eigenvalue weighted by Gasteiger charge is 2.23. The first-order valence-electron chi connectivity index (χ1n) is 5.44. The van der Waals surface area contributed by atoms with Crippen LogP contribution in [0.1, 0.15) is 6.42 Å². The lowest BCUT2D eigenvalue weighted by atomic mass is 10.0. The van der Waals surface area contributed by atoms with Crippen molar-refractivity contribution in [3.05, 3.63) is 53.5 Å². The Morgan fingerprint density at radius 3 is 2.39 bits per heavy atom. The van der Waals surface area contributed by atoms with Gasteiger partial charge < -0.3 is 11.5 Å². The summed E-state index contributed by atoms with van der Waals surface area (Å²) in [6.07, 6.45) is 4.72. The van der Waals surface area contributed by atoms with Crippen LogP contribution in [0.25, 0.3) is 0 Å². The standard InChI is InChI=1S/C12H15N3O2S/c13-12(14)8-6-11(7-9-12)18(16,17)15-10-4-2-1-3-5-10/h1-8,15H,9,13-14H2. The van der Waals surface area contributed by atoms with Crippen molar-refractivity contribution in [2.75, 3.05) is 4.72 Å². The minimum atomic E-state index is -3.57. The number of hydrogen-bond donors (Lipinski definition) is 3. The molecule has 18 heavy (non-hydrogen) atoms. The number of para-hydroxylation sites is 1. The van der Waals surface area contributed by atoms with Crippen LogP contribution in [-0.4, -0.2) is 14.1 Å². The maximum atomic E-state index is 12.1. The smallest absolute Gasteiger partial charge is 0.261 e. The number of rotatable bonds is 3. The van der Waals surface area contributed by atoms with Crippen molar-refractivity contribution < 1.29 is 8.42 Å². The van der Waals surface area contributed by atoms with Gasteiger partial charge in [0.25, 0.3) is 10.0 Å². The van der Waals surface area contributed by atoms with E-state index < -0.39 is 15.7 Å². The molecule has 6 heteroatoms. The highest BCUT2D eigenvalue weighted by atomic mass is 32.2. The molecule has 1 aliphatic carbocycles. The van der Waals surface area contributed by atoms with Gasteiger partial charge in [-0.2, -0.15) is 0 Å². The largest absolute Gasteiger partial charge is 0.310 e. The monoisotopic (exact) mass is 265 g/mol. The normalized spacial score (nSPS) is 18.2. The minimum absolute atomic E-state index is 0.179. The second-order valence-corrected chi connectivity index (χ2v) is 5.91. The molecule has 0 fully saturated rings. The van der Waals surface area contributed by atoms with Gasteiger partial charge in [-0.05, 0) is 24.3 Å². The molecule has 0 aromatic heterocycles.